The second-order valence-electron chi connectivity index (χ2n) is 5.34. The zero-order valence-electron chi connectivity index (χ0n) is 12.5. The maximum absolute atomic E-state index is 6.11. The minimum atomic E-state index is 0.397. The van der Waals surface area contributed by atoms with Crippen molar-refractivity contribution in [2.24, 2.45) is 0 Å². The van der Waals surface area contributed by atoms with Crippen molar-refractivity contribution in [3.05, 3.63) is 69.2 Å². The summed E-state index contributed by atoms with van der Waals surface area (Å²) in [4.78, 5) is 0. The molecule has 2 aromatic carbocycles. The molecule has 0 saturated carbocycles. The van der Waals surface area contributed by atoms with Crippen LogP contribution in [0, 0.1) is 6.92 Å². The summed E-state index contributed by atoms with van der Waals surface area (Å²) in [5.74, 6) is 0. The van der Waals surface area contributed by atoms with Gasteiger partial charge in [0.25, 0.3) is 0 Å². The molecule has 1 unspecified atom stereocenters. The van der Waals surface area contributed by atoms with Crippen molar-refractivity contribution in [1.82, 2.24) is 5.32 Å². The first-order valence-corrected chi connectivity index (χ1v) is 8.07. The SMILES string of the molecule is CCNC(Cc1ccc(Cl)c(Cl)c1)Cc1ccccc1C. The van der Waals surface area contributed by atoms with Crippen LogP contribution in [0.2, 0.25) is 10.0 Å². The normalized spacial score (nSPS) is 12.4. The monoisotopic (exact) mass is 321 g/mol. The van der Waals surface area contributed by atoms with Gasteiger partial charge in [-0.25, -0.2) is 0 Å². The summed E-state index contributed by atoms with van der Waals surface area (Å²) in [7, 11) is 0. The molecule has 0 heterocycles. The Morgan fingerprint density at radius 2 is 1.76 bits per heavy atom. The van der Waals surface area contributed by atoms with E-state index in [9.17, 15) is 0 Å². The van der Waals surface area contributed by atoms with Gasteiger partial charge in [-0.3, -0.25) is 0 Å². The number of hydrogen-bond acceptors (Lipinski definition) is 1. The lowest BCUT2D eigenvalue weighted by Gasteiger charge is -2.19. The van der Waals surface area contributed by atoms with E-state index in [4.69, 9.17) is 23.2 Å². The largest absolute Gasteiger partial charge is 0.314 e. The molecule has 0 aromatic heterocycles. The third-order valence-electron chi connectivity index (χ3n) is 3.69. The molecule has 0 aliphatic carbocycles. The molecule has 1 nitrogen and oxygen atoms in total. The highest BCUT2D eigenvalue weighted by molar-refractivity contribution is 6.42. The number of halogens is 2. The smallest absolute Gasteiger partial charge is 0.0595 e. The van der Waals surface area contributed by atoms with Gasteiger partial charge < -0.3 is 5.32 Å². The van der Waals surface area contributed by atoms with Crippen LogP contribution in [-0.2, 0) is 12.8 Å². The van der Waals surface area contributed by atoms with Crippen LogP contribution >= 0.6 is 23.2 Å². The van der Waals surface area contributed by atoms with Gasteiger partial charge in [-0.15, -0.1) is 0 Å². The second-order valence-corrected chi connectivity index (χ2v) is 6.15. The zero-order chi connectivity index (χ0) is 15.2. The standard InChI is InChI=1S/C18H21Cl2N/c1-3-21-16(12-15-7-5-4-6-13(15)2)10-14-8-9-17(19)18(20)11-14/h4-9,11,16,21H,3,10,12H2,1-2H3. The van der Waals surface area contributed by atoms with Gasteiger partial charge in [-0.1, -0.05) is 60.5 Å². The van der Waals surface area contributed by atoms with Crippen LogP contribution in [-0.4, -0.2) is 12.6 Å². The highest BCUT2D eigenvalue weighted by Crippen LogP contribution is 2.23. The van der Waals surface area contributed by atoms with Gasteiger partial charge >= 0.3 is 0 Å². The summed E-state index contributed by atoms with van der Waals surface area (Å²) >= 11 is 12.1. The number of rotatable bonds is 6. The summed E-state index contributed by atoms with van der Waals surface area (Å²) in [6, 6.07) is 14.8. The van der Waals surface area contributed by atoms with E-state index >= 15 is 0 Å². The first kappa shape index (κ1) is 16.4. The quantitative estimate of drug-likeness (QED) is 0.783. The van der Waals surface area contributed by atoms with Crippen molar-refractivity contribution in [2.45, 2.75) is 32.7 Å². The minimum Gasteiger partial charge on any atom is -0.314 e. The fourth-order valence-electron chi connectivity index (χ4n) is 2.56. The maximum atomic E-state index is 6.11. The van der Waals surface area contributed by atoms with Gasteiger partial charge in [-0.2, -0.15) is 0 Å². The van der Waals surface area contributed by atoms with E-state index in [0.717, 1.165) is 19.4 Å². The van der Waals surface area contributed by atoms with Gasteiger partial charge in [0.05, 0.1) is 10.0 Å². The minimum absolute atomic E-state index is 0.397. The lowest BCUT2D eigenvalue weighted by atomic mass is 9.96. The van der Waals surface area contributed by atoms with Crippen molar-refractivity contribution in [1.29, 1.82) is 0 Å². The number of aryl methyl sites for hydroxylation is 1. The molecule has 1 N–H and O–H groups in total. The van der Waals surface area contributed by atoms with Crippen molar-refractivity contribution >= 4 is 23.2 Å². The van der Waals surface area contributed by atoms with Crippen LogP contribution in [0.5, 0.6) is 0 Å². The Bertz CT molecular complexity index is 596. The molecule has 3 heteroatoms. The van der Waals surface area contributed by atoms with E-state index in [1.165, 1.54) is 16.7 Å². The molecule has 0 radical (unpaired) electrons. The molecule has 112 valence electrons. The molecule has 1 atom stereocenters. The highest BCUT2D eigenvalue weighted by Gasteiger charge is 2.11. The predicted octanol–water partition coefficient (Wildman–Crippen LogP) is 5.07. The Hall–Kier alpha value is -1.02. The Morgan fingerprint density at radius 3 is 2.43 bits per heavy atom. The van der Waals surface area contributed by atoms with Gasteiger partial charge in [0, 0.05) is 6.04 Å². The Kier molecular flexibility index (Phi) is 6.10. The third kappa shape index (κ3) is 4.74. The fourth-order valence-corrected chi connectivity index (χ4v) is 2.88. The average molecular weight is 322 g/mol. The zero-order valence-corrected chi connectivity index (χ0v) is 14.0. The number of likely N-dealkylation sites (N-methyl/N-ethyl adjacent to an activating group) is 1. The number of nitrogens with one attached hydrogen (secondary N) is 1. The molecule has 0 amide bonds. The molecule has 0 aliphatic heterocycles. The van der Waals surface area contributed by atoms with E-state index in [1.54, 1.807) is 0 Å². The summed E-state index contributed by atoms with van der Waals surface area (Å²) in [5, 5.41) is 4.80. The molecule has 0 bridgehead atoms. The number of hydrogen-bond donors (Lipinski definition) is 1. The summed E-state index contributed by atoms with van der Waals surface area (Å²) < 4.78 is 0. The lowest BCUT2D eigenvalue weighted by Crippen LogP contribution is -2.33. The van der Waals surface area contributed by atoms with Crippen LogP contribution in [0.4, 0.5) is 0 Å². The summed E-state index contributed by atoms with van der Waals surface area (Å²) in [6.45, 7) is 5.26. The van der Waals surface area contributed by atoms with Crippen LogP contribution in [0.15, 0.2) is 42.5 Å². The Labute approximate surface area is 137 Å². The highest BCUT2D eigenvalue weighted by atomic mass is 35.5. The van der Waals surface area contributed by atoms with Crippen LogP contribution in [0.3, 0.4) is 0 Å². The second kappa shape index (κ2) is 7.84. The van der Waals surface area contributed by atoms with E-state index in [-0.39, 0.29) is 0 Å². The molecule has 0 spiro atoms. The topological polar surface area (TPSA) is 12.0 Å². The lowest BCUT2D eigenvalue weighted by molar-refractivity contribution is 0.520. The molecule has 2 rings (SSSR count). The van der Waals surface area contributed by atoms with Gasteiger partial charge in [0.2, 0.25) is 0 Å². The van der Waals surface area contributed by atoms with Crippen LogP contribution in [0.25, 0.3) is 0 Å². The molecular weight excluding hydrogens is 301 g/mol. The van der Waals surface area contributed by atoms with E-state index < -0.39 is 0 Å². The Balaban J connectivity index is 2.11. The van der Waals surface area contributed by atoms with Crippen LogP contribution < -0.4 is 5.32 Å². The molecule has 0 aliphatic rings. The van der Waals surface area contributed by atoms with Gasteiger partial charge in [-0.05, 0) is 55.1 Å². The Morgan fingerprint density at radius 1 is 1.00 bits per heavy atom. The van der Waals surface area contributed by atoms with E-state index in [2.05, 4.69) is 49.5 Å². The van der Waals surface area contributed by atoms with Gasteiger partial charge in [0.15, 0.2) is 0 Å². The average Bonchev–Trinajstić information content (AvgIpc) is 2.46. The van der Waals surface area contributed by atoms with E-state index in [0.29, 0.717) is 16.1 Å². The van der Waals surface area contributed by atoms with E-state index in [1.807, 2.05) is 12.1 Å². The molecule has 2 aromatic rings. The van der Waals surface area contributed by atoms with Crippen molar-refractivity contribution in [3.8, 4) is 0 Å². The molecule has 0 fully saturated rings. The molecule has 21 heavy (non-hydrogen) atoms. The van der Waals surface area contributed by atoms with Crippen LogP contribution in [0.1, 0.15) is 23.6 Å². The first-order valence-electron chi connectivity index (χ1n) is 7.32. The van der Waals surface area contributed by atoms with Crippen molar-refractivity contribution in [3.63, 3.8) is 0 Å². The molecule has 0 saturated heterocycles. The summed E-state index contributed by atoms with van der Waals surface area (Å²) in [6.07, 6.45) is 1.96. The summed E-state index contributed by atoms with van der Waals surface area (Å²) in [5.41, 5.74) is 3.95. The van der Waals surface area contributed by atoms with Crippen molar-refractivity contribution < 1.29 is 0 Å². The first-order chi connectivity index (χ1) is 10.1. The molecular formula is C18H21Cl2N. The number of benzene rings is 2. The van der Waals surface area contributed by atoms with Crippen molar-refractivity contribution in [2.75, 3.05) is 6.54 Å². The van der Waals surface area contributed by atoms with Gasteiger partial charge in [0.1, 0.15) is 0 Å². The fraction of sp³-hybridized carbons (Fsp3) is 0.333. The third-order valence-corrected chi connectivity index (χ3v) is 4.43. The maximum Gasteiger partial charge on any atom is 0.0595 e. The predicted molar refractivity (Wildman–Crippen MR) is 92.5 cm³/mol.